The fourth-order valence-corrected chi connectivity index (χ4v) is 5.73. The summed E-state index contributed by atoms with van der Waals surface area (Å²) >= 11 is 4.70. The van der Waals surface area contributed by atoms with E-state index in [1.54, 1.807) is 13.1 Å². The van der Waals surface area contributed by atoms with Gasteiger partial charge >= 0.3 is 0 Å². The van der Waals surface area contributed by atoms with Gasteiger partial charge in [-0.05, 0) is 40.8 Å². The number of hydrogen-bond donors (Lipinski definition) is 1. The second kappa shape index (κ2) is 5.58. The smallest absolute Gasteiger partial charge is 0.244 e. The second-order valence-electron chi connectivity index (χ2n) is 4.64. The Hall–Kier alpha value is 0.0500. The summed E-state index contributed by atoms with van der Waals surface area (Å²) in [6.45, 7) is 0.980. The van der Waals surface area contributed by atoms with E-state index in [1.807, 2.05) is 0 Å². The van der Waals surface area contributed by atoms with Gasteiger partial charge in [0, 0.05) is 25.0 Å². The maximum absolute atomic E-state index is 12.4. The van der Waals surface area contributed by atoms with Gasteiger partial charge in [-0.25, -0.2) is 12.7 Å². The lowest BCUT2D eigenvalue weighted by atomic mass is 9.86. The molecule has 0 radical (unpaired) electrons. The molecule has 0 amide bonds. The molecule has 2 N–H and O–H groups in total. The summed E-state index contributed by atoms with van der Waals surface area (Å²) in [6, 6.07) is 1.67. The fourth-order valence-electron chi connectivity index (χ4n) is 1.98. The molecule has 1 aromatic heterocycles. The van der Waals surface area contributed by atoms with Crippen molar-refractivity contribution >= 4 is 37.3 Å². The van der Waals surface area contributed by atoms with E-state index in [0.29, 0.717) is 27.7 Å². The molecule has 1 aliphatic carbocycles. The highest BCUT2D eigenvalue weighted by Crippen LogP contribution is 2.34. The van der Waals surface area contributed by atoms with Crippen LogP contribution in [0.25, 0.3) is 0 Å². The van der Waals surface area contributed by atoms with Gasteiger partial charge in [0.15, 0.2) is 0 Å². The Kier molecular flexibility index (Phi) is 4.48. The van der Waals surface area contributed by atoms with E-state index < -0.39 is 10.0 Å². The molecule has 4 nitrogen and oxygen atoms in total. The van der Waals surface area contributed by atoms with Crippen molar-refractivity contribution in [2.45, 2.75) is 30.7 Å². The van der Waals surface area contributed by atoms with Crippen LogP contribution in [0.15, 0.2) is 14.7 Å². The third-order valence-corrected chi connectivity index (χ3v) is 7.43. The van der Waals surface area contributed by atoms with Crippen LogP contribution in [-0.2, 0) is 16.6 Å². The Morgan fingerprint density at radius 3 is 2.67 bits per heavy atom. The zero-order chi connectivity index (χ0) is 13.3. The Labute approximate surface area is 120 Å². The molecule has 1 heterocycles. The molecule has 2 rings (SSSR count). The molecule has 0 saturated heterocycles. The summed E-state index contributed by atoms with van der Waals surface area (Å²) < 4.78 is 26.9. The Morgan fingerprint density at radius 1 is 1.56 bits per heavy atom. The molecular formula is C11H17BrN2O2S2. The van der Waals surface area contributed by atoms with Crippen molar-refractivity contribution in [3.05, 3.63) is 14.7 Å². The van der Waals surface area contributed by atoms with Crippen LogP contribution < -0.4 is 5.73 Å². The molecular weight excluding hydrogens is 336 g/mol. The molecule has 1 aliphatic rings. The van der Waals surface area contributed by atoms with E-state index in [2.05, 4.69) is 15.9 Å². The predicted octanol–water partition coefficient (Wildman–Crippen LogP) is 2.39. The molecule has 18 heavy (non-hydrogen) atoms. The molecule has 102 valence electrons. The quantitative estimate of drug-likeness (QED) is 0.884. The topological polar surface area (TPSA) is 63.4 Å². The molecule has 1 saturated carbocycles. The summed E-state index contributed by atoms with van der Waals surface area (Å²) in [5.41, 5.74) is 5.54. The second-order valence-corrected chi connectivity index (χ2v) is 9.11. The van der Waals surface area contributed by atoms with Gasteiger partial charge in [-0.15, -0.1) is 11.3 Å². The summed E-state index contributed by atoms with van der Waals surface area (Å²) in [6.07, 6.45) is 3.50. The molecule has 0 unspecified atom stereocenters. The Balaban J connectivity index is 2.20. The first-order valence-corrected chi connectivity index (χ1v) is 8.94. The lowest BCUT2D eigenvalue weighted by Gasteiger charge is -2.29. The zero-order valence-electron chi connectivity index (χ0n) is 10.2. The Bertz CT molecular complexity index is 523. The van der Waals surface area contributed by atoms with E-state index in [4.69, 9.17) is 5.73 Å². The monoisotopic (exact) mass is 352 g/mol. The number of nitrogens with two attached hydrogens (primary N) is 1. The lowest BCUT2D eigenvalue weighted by molar-refractivity contribution is 0.263. The van der Waals surface area contributed by atoms with Crippen molar-refractivity contribution in [1.82, 2.24) is 4.31 Å². The highest BCUT2D eigenvalue weighted by Gasteiger charge is 2.29. The number of rotatable bonds is 5. The van der Waals surface area contributed by atoms with Crippen molar-refractivity contribution < 1.29 is 8.42 Å². The van der Waals surface area contributed by atoms with Gasteiger partial charge in [0.2, 0.25) is 10.0 Å². The largest absolute Gasteiger partial charge is 0.326 e. The van der Waals surface area contributed by atoms with Gasteiger partial charge in [0.05, 0.1) is 3.79 Å². The molecule has 0 bridgehead atoms. The molecule has 0 aliphatic heterocycles. The first kappa shape index (κ1) is 14.5. The molecule has 0 atom stereocenters. The van der Waals surface area contributed by atoms with Crippen LogP contribution in [0.3, 0.4) is 0 Å². The third kappa shape index (κ3) is 2.80. The summed E-state index contributed by atoms with van der Waals surface area (Å²) in [4.78, 5) is 1.22. The highest BCUT2D eigenvalue weighted by molar-refractivity contribution is 9.11. The summed E-state index contributed by atoms with van der Waals surface area (Å²) in [7, 11) is -1.74. The van der Waals surface area contributed by atoms with E-state index in [0.717, 1.165) is 17.7 Å². The van der Waals surface area contributed by atoms with Gasteiger partial charge in [0.25, 0.3) is 0 Å². The van der Waals surface area contributed by atoms with Crippen LogP contribution in [0.4, 0.5) is 0 Å². The van der Waals surface area contributed by atoms with Crippen LogP contribution in [0.5, 0.6) is 0 Å². The maximum Gasteiger partial charge on any atom is 0.244 e. The number of halogens is 1. The zero-order valence-corrected chi connectivity index (χ0v) is 13.4. The van der Waals surface area contributed by atoms with Crippen LogP contribution >= 0.6 is 27.3 Å². The number of nitrogens with zero attached hydrogens (tertiary/aromatic N) is 1. The first-order chi connectivity index (χ1) is 8.45. The highest BCUT2D eigenvalue weighted by atomic mass is 79.9. The van der Waals surface area contributed by atoms with Gasteiger partial charge in [0.1, 0.15) is 4.90 Å². The molecule has 7 heteroatoms. The SMILES string of the molecule is CN(CC1CCC1)S(=O)(=O)c1cc(CN)sc1Br. The molecule has 1 fully saturated rings. The summed E-state index contributed by atoms with van der Waals surface area (Å²) in [5, 5.41) is 0. The van der Waals surface area contributed by atoms with Crippen LogP contribution in [-0.4, -0.2) is 26.3 Å². The van der Waals surface area contributed by atoms with Crippen molar-refractivity contribution in [2.24, 2.45) is 11.7 Å². The minimum atomic E-state index is -3.39. The van der Waals surface area contributed by atoms with Gasteiger partial charge < -0.3 is 5.73 Å². The van der Waals surface area contributed by atoms with E-state index >= 15 is 0 Å². The van der Waals surface area contributed by atoms with Crippen molar-refractivity contribution in [1.29, 1.82) is 0 Å². The van der Waals surface area contributed by atoms with Crippen LogP contribution in [0.1, 0.15) is 24.1 Å². The lowest BCUT2D eigenvalue weighted by Crippen LogP contribution is -2.34. The van der Waals surface area contributed by atoms with Crippen molar-refractivity contribution in [3.63, 3.8) is 0 Å². The van der Waals surface area contributed by atoms with Gasteiger partial charge in [-0.3, -0.25) is 0 Å². The number of hydrogen-bond acceptors (Lipinski definition) is 4. The van der Waals surface area contributed by atoms with Crippen molar-refractivity contribution in [2.75, 3.05) is 13.6 Å². The maximum atomic E-state index is 12.4. The van der Waals surface area contributed by atoms with Crippen LogP contribution in [0, 0.1) is 5.92 Å². The molecule has 0 aromatic carbocycles. The van der Waals surface area contributed by atoms with E-state index in [1.165, 1.54) is 22.1 Å². The normalized spacial score (nSPS) is 17.1. The average molecular weight is 353 g/mol. The van der Waals surface area contributed by atoms with Crippen LogP contribution in [0.2, 0.25) is 0 Å². The first-order valence-electron chi connectivity index (χ1n) is 5.89. The number of thiophene rings is 1. The van der Waals surface area contributed by atoms with E-state index in [-0.39, 0.29) is 0 Å². The number of sulfonamides is 1. The summed E-state index contributed by atoms with van der Waals surface area (Å²) in [5.74, 6) is 0.524. The average Bonchev–Trinajstić information content (AvgIpc) is 2.65. The minimum absolute atomic E-state index is 0.342. The standard InChI is InChI=1S/C11H17BrN2O2S2/c1-14(7-8-3-2-4-8)18(15,16)10-5-9(6-13)17-11(10)12/h5,8H,2-4,6-7,13H2,1H3. The molecule has 0 spiro atoms. The fraction of sp³-hybridized carbons (Fsp3) is 0.636. The van der Waals surface area contributed by atoms with Gasteiger partial charge in [-0.1, -0.05) is 6.42 Å². The van der Waals surface area contributed by atoms with E-state index in [9.17, 15) is 8.42 Å². The Morgan fingerprint density at radius 2 is 2.22 bits per heavy atom. The minimum Gasteiger partial charge on any atom is -0.326 e. The molecule has 1 aromatic rings. The van der Waals surface area contributed by atoms with Crippen molar-refractivity contribution in [3.8, 4) is 0 Å². The predicted molar refractivity (Wildman–Crippen MR) is 77.1 cm³/mol. The van der Waals surface area contributed by atoms with Gasteiger partial charge in [-0.2, -0.15) is 0 Å². The third-order valence-electron chi connectivity index (χ3n) is 3.34.